The lowest BCUT2D eigenvalue weighted by molar-refractivity contribution is 0.0660. The van der Waals surface area contributed by atoms with Crippen LogP contribution < -0.4 is 11.3 Å². The first-order valence-electron chi connectivity index (χ1n) is 5.55. The molecule has 0 unspecified atom stereocenters. The second-order valence-electron chi connectivity index (χ2n) is 3.98. The number of rotatable bonds is 5. The minimum Gasteiger partial charge on any atom is -0.395 e. The summed E-state index contributed by atoms with van der Waals surface area (Å²) in [6.07, 6.45) is 1.29. The molecule has 18 heavy (non-hydrogen) atoms. The fraction of sp³-hybridized carbons (Fsp3) is 0.455. The first-order chi connectivity index (χ1) is 8.52. The number of anilines is 1. The lowest BCUT2D eigenvalue weighted by atomic mass is 10.2. The van der Waals surface area contributed by atoms with Gasteiger partial charge in [0.1, 0.15) is 0 Å². The van der Waals surface area contributed by atoms with Crippen molar-refractivity contribution in [2.75, 3.05) is 18.6 Å². The van der Waals surface area contributed by atoms with Gasteiger partial charge in [0.05, 0.1) is 12.2 Å². The van der Waals surface area contributed by atoms with Crippen LogP contribution in [0.2, 0.25) is 0 Å². The quantitative estimate of drug-likeness (QED) is 0.522. The maximum Gasteiger partial charge on any atom is 0.257 e. The van der Waals surface area contributed by atoms with Gasteiger partial charge in [-0.2, -0.15) is 0 Å². The van der Waals surface area contributed by atoms with E-state index >= 15 is 0 Å². The molecule has 1 aromatic heterocycles. The fourth-order valence-electron chi connectivity index (χ4n) is 1.57. The van der Waals surface area contributed by atoms with Crippen LogP contribution >= 0.6 is 0 Å². The van der Waals surface area contributed by atoms with E-state index < -0.39 is 11.7 Å². The van der Waals surface area contributed by atoms with Crippen molar-refractivity contribution < 1.29 is 14.3 Å². The lowest BCUT2D eigenvalue weighted by Gasteiger charge is -2.26. The third-order valence-electron chi connectivity index (χ3n) is 2.48. The molecule has 0 saturated carbocycles. The summed E-state index contributed by atoms with van der Waals surface area (Å²) >= 11 is 0. The molecule has 0 atom stereocenters. The zero-order valence-corrected chi connectivity index (χ0v) is 10.4. The van der Waals surface area contributed by atoms with E-state index in [1.54, 1.807) is 13.8 Å². The molecular formula is C11H17FN4O2. The van der Waals surface area contributed by atoms with Crippen molar-refractivity contribution in [2.24, 2.45) is 5.84 Å². The summed E-state index contributed by atoms with van der Waals surface area (Å²) in [6, 6.07) is 1.14. The Bertz CT molecular complexity index is 426. The van der Waals surface area contributed by atoms with Crippen molar-refractivity contribution in [2.45, 2.75) is 19.9 Å². The number of nitrogens with one attached hydrogen (secondary N) is 1. The largest absolute Gasteiger partial charge is 0.395 e. The summed E-state index contributed by atoms with van der Waals surface area (Å²) in [5, 5.41) is 8.92. The van der Waals surface area contributed by atoms with Gasteiger partial charge in [0.2, 0.25) is 0 Å². The van der Waals surface area contributed by atoms with Crippen molar-refractivity contribution >= 4 is 11.7 Å². The zero-order valence-electron chi connectivity index (χ0n) is 10.4. The number of hydrogen-bond donors (Lipinski definition) is 3. The Labute approximate surface area is 105 Å². The van der Waals surface area contributed by atoms with Crippen LogP contribution in [0.3, 0.4) is 0 Å². The average Bonchev–Trinajstić information content (AvgIpc) is 2.35. The van der Waals surface area contributed by atoms with E-state index in [-0.39, 0.29) is 30.6 Å². The van der Waals surface area contributed by atoms with Gasteiger partial charge in [0.15, 0.2) is 11.6 Å². The SMILES string of the molecule is CC(C)N(CCO)C(=O)c1ccnc(NN)c1F. The number of nitrogens with two attached hydrogens (primary N) is 1. The number of nitrogens with zero attached hydrogens (tertiary/aromatic N) is 2. The molecule has 1 rings (SSSR count). The third-order valence-corrected chi connectivity index (χ3v) is 2.48. The minimum absolute atomic E-state index is 0.125. The van der Waals surface area contributed by atoms with Crippen molar-refractivity contribution in [1.29, 1.82) is 0 Å². The molecule has 0 bridgehead atoms. The Morgan fingerprint density at radius 1 is 1.67 bits per heavy atom. The van der Waals surface area contributed by atoms with Gasteiger partial charge in [-0.3, -0.25) is 4.79 Å². The summed E-state index contributed by atoms with van der Waals surface area (Å²) in [4.78, 5) is 17.2. The molecular weight excluding hydrogens is 239 g/mol. The zero-order chi connectivity index (χ0) is 13.7. The Morgan fingerprint density at radius 3 is 2.83 bits per heavy atom. The van der Waals surface area contributed by atoms with Gasteiger partial charge in [-0.15, -0.1) is 0 Å². The smallest absolute Gasteiger partial charge is 0.257 e. The van der Waals surface area contributed by atoms with Crippen LogP contribution in [0.4, 0.5) is 10.2 Å². The van der Waals surface area contributed by atoms with Crippen LogP contribution in [0, 0.1) is 5.82 Å². The summed E-state index contributed by atoms with van der Waals surface area (Å²) in [7, 11) is 0. The van der Waals surface area contributed by atoms with Gasteiger partial charge in [-0.1, -0.05) is 0 Å². The maximum atomic E-state index is 13.9. The first kappa shape index (κ1) is 14.3. The van der Waals surface area contributed by atoms with E-state index in [1.165, 1.54) is 17.2 Å². The Hall–Kier alpha value is -1.73. The third kappa shape index (κ3) is 2.93. The normalized spacial score (nSPS) is 10.6. The van der Waals surface area contributed by atoms with E-state index in [0.717, 1.165) is 0 Å². The number of hydrazine groups is 1. The maximum absolute atomic E-state index is 13.9. The number of aromatic nitrogens is 1. The molecule has 7 heteroatoms. The molecule has 0 saturated heterocycles. The molecule has 100 valence electrons. The van der Waals surface area contributed by atoms with Crippen molar-refractivity contribution in [3.63, 3.8) is 0 Å². The standard InChI is InChI=1S/C11H17FN4O2/c1-7(2)16(5-6-17)11(18)8-3-4-14-10(15-13)9(8)12/h3-4,7,17H,5-6,13H2,1-2H3,(H,14,15). The number of carbonyl (C=O) groups excluding carboxylic acids is 1. The second-order valence-corrected chi connectivity index (χ2v) is 3.98. The van der Waals surface area contributed by atoms with E-state index in [4.69, 9.17) is 10.9 Å². The van der Waals surface area contributed by atoms with Crippen molar-refractivity contribution in [3.05, 3.63) is 23.6 Å². The van der Waals surface area contributed by atoms with Crippen molar-refractivity contribution in [1.82, 2.24) is 9.88 Å². The van der Waals surface area contributed by atoms with E-state index in [0.29, 0.717) is 0 Å². The summed E-state index contributed by atoms with van der Waals surface area (Å²) in [5.74, 6) is 3.61. The van der Waals surface area contributed by atoms with Crippen LogP contribution in [0.15, 0.2) is 12.3 Å². The number of pyridine rings is 1. The molecule has 0 fully saturated rings. The predicted molar refractivity (Wildman–Crippen MR) is 65.3 cm³/mol. The van der Waals surface area contributed by atoms with E-state index in [2.05, 4.69) is 10.4 Å². The lowest BCUT2D eigenvalue weighted by Crippen LogP contribution is -2.39. The highest BCUT2D eigenvalue weighted by molar-refractivity contribution is 5.95. The summed E-state index contributed by atoms with van der Waals surface area (Å²) < 4.78 is 13.9. The van der Waals surface area contributed by atoms with Crippen LogP contribution in [0.1, 0.15) is 24.2 Å². The molecule has 6 nitrogen and oxygen atoms in total. The molecule has 0 aliphatic carbocycles. The molecule has 1 heterocycles. The Balaban J connectivity index is 3.09. The second kappa shape index (κ2) is 6.27. The number of amides is 1. The topological polar surface area (TPSA) is 91.5 Å². The number of nitrogen functional groups attached to an aromatic ring is 1. The van der Waals surface area contributed by atoms with Crippen LogP contribution in [-0.2, 0) is 0 Å². The molecule has 1 amide bonds. The first-order valence-corrected chi connectivity index (χ1v) is 5.55. The van der Waals surface area contributed by atoms with Gasteiger partial charge >= 0.3 is 0 Å². The molecule has 1 aromatic rings. The van der Waals surface area contributed by atoms with Crippen LogP contribution in [0.5, 0.6) is 0 Å². The number of carbonyl (C=O) groups is 1. The molecule has 0 aromatic carbocycles. The van der Waals surface area contributed by atoms with Gasteiger partial charge in [-0.25, -0.2) is 15.2 Å². The molecule has 0 radical (unpaired) electrons. The van der Waals surface area contributed by atoms with Gasteiger partial charge in [0.25, 0.3) is 5.91 Å². The number of halogens is 1. The highest BCUT2D eigenvalue weighted by Gasteiger charge is 2.23. The van der Waals surface area contributed by atoms with Gasteiger partial charge in [-0.05, 0) is 19.9 Å². The Morgan fingerprint density at radius 2 is 2.33 bits per heavy atom. The Kier molecular flexibility index (Phi) is 4.99. The molecule has 4 N–H and O–H groups in total. The van der Waals surface area contributed by atoms with Crippen molar-refractivity contribution in [3.8, 4) is 0 Å². The highest BCUT2D eigenvalue weighted by Crippen LogP contribution is 2.17. The number of aliphatic hydroxyl groups is 1. The van der Waals surface area contributed by atoms with E-state index in [9.17, 15) is 9.18 Å². The van der Waals surface area contributed by atoms with E-state index in [1.807, 2.05) is 0 Å². The van der Waals surface area contributed by atoms with Gasteiger partial charge < -0.3 is 15.4 Å². The number of aliphatic hydroxyl groups excluding tert-OH is 1. The fourth-order valence-corrected chi connectivity index (χ4v) is 1.57. The molecule has 0 spiro atoms. The monoisotopic (exact) mass is 256 g/mol. The van der Waals surface area contributed by atoms with Gasteiger partial charge in [0, 0.05) is 18.8 Å². The average molecular weight is 256 g/mol. The minimum atomic E-state index is -0.798. The molecule has 0 aliphatic heterocycles. The predicted octanol–water partition coefficient (Wildman–Crippen LogP) is 0.349. The summed E-state index contributed by atoms with van der Waals surface area (Å²) in [6.45, 7) is 3.53. The highest BCUT2D eigenvalue weighted by atomic mass is 19.1. The molecule has 0 aliphatic rings. The summed E-state index contributed by atoms with van der Waals surface area (Å²) in [5.41, 5.74) is 1.96. The van der Waals surface area contributed by atoms with Crippen LogP contribution in [-0.4, -0.2) is 40.1 Å². The number of hydrogen-bond acceptors (Lipinski definition) is 5. The van der Waals surface area contributed by atoms with Crippen LogP contribution in [0.25, 0.3) is 0 Å².